The van der Waals surface area contributed by atoms with Gasteiger partial charge in [-0.15, -0.1) is 0 Å². The average Bonchev–Trinajstić information content (AvgIpc) is 2.98. The largest absolute Gasteiger partial charge is 0.496 e. The van der Waals surface area contributed by atoms with E-state index in [9.17, 15) is 4.79 Å². The smallest absolute Gasteiger partial charge is 0.272 e. The monoisotopic (exact) mass is 592 g/mol. The van der Waals surface area contributed by atoms with Crippen LogP contribution in [0.25, 0.3) is 16.6 Å². The molecule has 2 fully saturated rings. The molecule has 2 saturated heterocycles. The van der Waals surface area contributed by atoms with E-state index in [2.05, 4.69) is 62.5 Å². The fraction of sp³-hybridized carbons (Fsp3) is 0.419. The van der Waals surface area contributed by atoms with E-state index in [0.29, 0.717) is 18.1 Å². The number of rotatable bonds is 7. The molecule has 5 rings (SSSR count). The second kappa shape index (κ2) is 12.1. The fourth-order valence-electron chi connectivity index (χ4n) is 5.75. The number of carbonyl (C=O) groups excluding carboxylic acids is 1. The summed E-state index contributed by atoms with van der Waals surface area (Å²) in [4.78, 5) is 28.3. The average molecular weight is 594 g/mol. The van der Waals surface area contributed by atoms with Crippen LogP contribution in [0.5, 0.6) is 5.75 Å². The summed E-state index contributed by atoms with van der Waals surface area (Å²) < 4.78 is 6.63. The van der Waals surface area contributed by atoms with Gasteiger partial charge in [-0.3, -0.25) is 20.0 Å². The summed E-state index contributed by atoms with van der Waals surface area (Å²) in [6.07, 6.45) is 3.87. The SMILES string of the molecule is CCONC(=C1CCN(C2(C)CCN(C(=O)c3cc(OC)c4ccccc4n3)CC2)CC1)c1ccc(Br)cc1. The van der Waals surface area contributed by atoms with Crippen molar-refractivity contribution in [3.63, 3.8) is 0 Å². The minimum absolute atomic E-state index is 0.0221. The highest BCUT2D eigenvalue weighted by Gasteiger charge is 2.38. The van der Waals surface area contributed by atoms with E-state index in [4.69, 9.17) is 9.57 Å². The third kappa shape index (κ3) is 5.98. The predicted octanol–water partition coefficient (Wildman–Crippen LogP) is 6.05. The third-order valence-corrected chi connectivity index (χ3v) is 8.71. The van der Waals surface area contributed by atoms with Crippen LogP contribution in [0.15, 0.2) is 64.6 Å². The quantitative estimate of drug-likeness (QED) is 0.337. The molecule has 3 heterocycles. The van der Waals surface area contributed by atoms with Gasteiger partial charge in [0.15, 0.2) is 0 Å². The van der Waals surface area contributed by atoms with Crippen molar-refractivity contribution in [2.24, 2.45) is 0 Å². The number of amides is 1. The van der Waals surface area contributed by atoms with Crippen molar-refractivity contribution in [3.05, 3.63) is 75.9 Å². The van der Waals surface area contributed by atoms with E-state index in [1.54, 1.807) is 13.2 Å². The first-order chi connectivity index (χ1) is 18.9. The molecule has 0 aliphatic carbocycles. The second-order valence-corrected chi connectivity index (χ2v) is 11.4. The van der Waals surface area contributed by atoms with Crippen molar-refractivity contribution in [2.75, 3.05) is 39.9 Å². The third-order valence-electron chi connectivity index (χ3n) is 8.18. The van der Waals surface area contributed by atoms with Gasteiger partial charge in [-0.25, -0.2) is 4.98 Å². The van der Waals surface area contributed by atoms with Gasteiger partial charge < -0.3 is 9.64 Å². The molecule has 1 N–H and O–H groups in total. The van der Waals surface area contributed by atoms with Crippen molar-refractivity contribution in [1.82, 2.24) is 20.3 Å². The second-order valence-electron chi connectivity index (χ2n) is 10.5. The number of halogens is 1. The Morgan fingerprint density at radius 3 is 2.41 bits per heavy atom. The number of hydrogen-bond acceptors (Lipinski definition) is 6. The van der Waals surface area contributed by atoms with Crippen molar-refractivity contribution >= 4 is 38.4 Å². The molecular formula is C31H37BrN4O3. The van der Waals surface area contributed by atoms with Crippen LogP contribution in [0.1, 0.15) is 55.6 Å². The molecule has 0 atom stereocenters. The summed E-state index contributed by atoms with van der Waals surface area (Å²) in [7, 11) is 1.64. The minimum Gasteiger partial charge on any atom is -0.496 e. The highest BCUT2D eigenvalue weighted by atomic mass is 79.9. The summed E-state index contributed by atoms with van der Waals surface area (Å²) >= 11 is 3.54. The van der Waals surface area contributed by atoms with E-state index in [1.165, 1.54) is 5.57 Å². The first-order valence-electron chi connectivity index (χ1n) is 13.8. The molecule has 0 saturated carbocycles. The zero-order valence-corrected chi connectivity index (χ0v) is 24.6. The van der Waals surface area contributed by atoms with Gasteiger partial charge in [-0.2, -0.15) is 0 Å². The number of hydroxylamine groups is 1. The van der Waals surface area contributed by atoms with Crippen LogP contribution < -0.4 is 10.2 Å². The highest BCUT2D eigenvalue weighted by molar-refractivity contribution is 9.10. The molecule has 39 heavy (non-hydrogen) atoms. The van der Waals surface area contributed by atoms with E-state index in [-0.39, 0.29) is 11.4 Å². The minimum atomic E-state index is -0.0221. The predicted molar refractivity (Wildman–Crippen MR) is 158 cm³/mol. The maximum absolute atomic E-state index is 13.4. The number of nitrogens with one attached hydrogen (secondary N) is 1. The van der Waals surface area contributed by atoms with Gasteiger partial charge in [0.1, 0.15) is 11.4 Å². The molecular weight excluding hydrogens is 556 g/mol. The summed E-state index contributed by atoms with van der Waals surface area (Å²) in [6.45, 7) is 8.39. The lowest BCUT2D eigenvalue weighted by Gasteiger charge is -2.48. The van der Waals surface area contributed by atoms with E-state index in [0.717, 1.165) is 78.5 Å². The molecule has 2 aromatic carbocycles. The van der Waals surface area contributed by atoms with E-state index >= 15 is 0 Å². The molecule has 3 aromatic rings. The maximum Gasteiger partial charge on any atom is 0.272 e. The zero-order chi connectivity index (χ0) is 27.4. The maximum atomic E-state index is 13.4. The number of ether oxygens (including phenoxy) is 1. The lowest BCUT2D eigenvalue weighted by atomic mass is 9.85. The molecule has 1 aromatic heterocycles. The van der Waals surface area contributed by atoms with Crippen molar-refractivity contribution in [1.29, 1.82) is 0 Å². The summed E-state index contributed by atoms with van der Waals surface area (Å²) in [5, 5.41) is 0.918. The van der Waals surface area contributed by atoms with Gasteiger partial charge in [-0.05, 0) is 74.9 Å². The van der Waals surface area contributed by atoms with Crippen LogP contribution in [-0.2, 0) is 4.84 Å². The van der Waals surface area contributed by atoms with Crippen molar-refractivity contribution < 1.29 is 14.4 Å². The Morgan fingerprint density at radius 2 is 1.74 bits per heavy atom. The number of methoxy groups -OCH3 is 1. The Bertz CT molecular complexity index is 1340. The van der Waals surface area contributed by atoms with Crippen LogP contribution in [0.4, 0.5) is 0 Å². The molecule has 2 aliphatic heterocycles. The molecule has 8 heteroatoms. The molecule has 0 unspecified atom stereocenters. The Balaban J connectivity index is 1.24. The van der Waals surface area contributed by atoms with Gasteiger partial charge in [0.25, 0.3) is 5.91 Å². The molecule has 0 bridgehead atoms. The van der Waals surface area contributed by atoms with E-state index < -0.39 is 0 Å². The van der Waals surface area contributed by atoms with Crippen molar-refractivity contribution in [3.8, 4) is 5.75 Å². The fourth-order valence-corrected chi connectivity index (χ4v) is 6.02. The molecule has 206 valence electrons. The topological polar surface area (TPSA) is 66.9 Å². The Labute approximate surface area is 239 Å². The first-order valence-corrected chi connectivity index (χ1v) is 14.5. The number of benzene rings is 2. The standard InChI is InChI=1S/C31H37BrN4O3/c1-4-39-34-29(22-9-11-24(32)12-10-22)23-13-17-36(18-14-23)31(2)15-19-35(20-16-31)30(37)27-21-28(38-3)25-7-5-6-8-26(25)33-27/h5-12,21,34H,4,13-20H2,1-3H3. The number of carbonyl (C=O) groups is 1. The number of piperidine rings is 2. The molecule has 0 radical (unpaired) electrons. The lowest BCUT2D eigenvalue weighted by Crippen LogP contribution is -2.56. The van der Waals surface area contributed by atoms with Crippen LogP contribution >= 0.6 is 15.9 Å². The van der Waals surface area contributed by atoms with Crippen LogP contribution in [-0.4, -0.2) is 66.1 Å². The number of para-hydroxylation sites is 1. The number of hydrogen-bond donors (Lipinski definition) is 1. The Kier molecular flexibility index (Phi) is 8.54. The van der Waals surface area contributed by atoms with Gasteiger partial charge in [0.2, 0.25) is 0 Å². The number of pyridine rings is 1. The van der Waals surface area contributed by atoms with Gasteiger partial charge >= 0.3 is 0 Å². The van der Waals surface area contributed by atoms with E-state index in [1.807, 2.05) is 36.1 Å². The van der Waals surface area contributed by atoms with Crippen LogP contribution in [0, 0.1) is 0 Å². The van der Waals surface area contributed by atoms with Crippen LogP contribution in [0.3, 0.4) is 0 Å². The van der Waals surface area contributed by atoms with Crippen LogP contribution in [0.2, 0.25) is 0 Å². The number of aromatic nitrogens is 1. The first kappa shape index (κ1) is 27.6. The summed E-state index contributed by atoms with van der Waals surface area (Å²) in [5.74, 6) is 0.662. The normalized spacial score (nSPS) is 17.7. The summed E-state index contributed by atoms with van der Waals surface area (Å²) in [5.41, 5.74) is 8.15. The van der Waals surface area contributed by atoms with Gasteiger partial charge in [-0.1, -0.05) is 40.2 Å². The number of likely N-dealkylation sites (tertiary alicyclic amines) is 2. The van der Waals surface area contributed by atoms with Crippen molar-refractivity contribution in [2.45, 2.75) is 45.1 Å². The highest BCUT2D eigenvalue weighted by Crippen LogP contribution is 2.35. The Hall–Kier alpha value is -2.94. The molecule has 7 nitrogen and oxygen atoms in total. The van der Waals surface area contributed by atoms with Gasteiger partial charge in [0, 0.05) is 47.6 Å². The molecule has 0 spiro atoms. The lowest BCUT2D eigenvalue weighted by molar-refractivity contribution is 0.0253. The summed E-state index contributed by atoms with van der Waals surface area (Å²) in [6, 6.07) is 17.9. The number of fused-ring (bicyclic) bond motifs is 1. The van der Waals surface area contributed by atoms with Gasteiger partial charge in [0.05, 0.1) is 24.9 Å². The number of nitrogens with zero attached hydrogens (tertiary/aromatic N) is 3. The molecule has 2 aliphatic rings. The zero-order valence-electron chi connectivity index (χ0n) is 23.0. The Morgan fingerprint density at radius 1 is 1.05 bits per heavy atom. The molecule has 1 amide bonds.